The lowest BCUT2D eigenvalue weighted by Crippen LogP contribution is -2.09. The number of rotatable bonds is 7. The first-order chi connectivity index (χ1) is 12.4. The van der Waals surface area contributed by atoms with E-state index >= 15 is 0 Å². The summed E-state index contributed by atoms with van der Waals surface area (Å²) in [5.41, 5.74) is 1.93. The van der Waals surface area contributed by atoms with Crippen LogP contribution in [0.3, 0.4) is 0 Å². The molecule has 0 saturated carbocycles. The highest BCUT2D eigenvalue weighted by molar-refractivity contribution is 7.17. The van der Waals surface area contributed by atoms with Gasteiger partial charge in [0.2, 0.25) is 0 Å². The van der Waals surface area contributed by atoms with Crippen LogP contribution in [0.5, 0.6) is 5.75 Å². The SMILES string of the molecule is CCC(C(=O)O)c1csc2cc(OCc3sc(C(C)C)nc3C)ccc12. The smallest absolute Gasteiger partial charge is 0.311 e. The number of aliphatic carboxylic acids is 1. The number of aryl methyl sites for hydroxylation is 1. The molecular weight excluding hydrogens is 366 g/mol. The standard InChI is InChI=1S/C20H23NO3S2/c1-5-14(20(22)23)16-10-25-17-8-13(6-7-15(16)17)24-9-18-12(4)21-19(26-18)11(2)3/h6-8,10-11,14H,5,9H2,1-4H3,(H,22,23). The molecule has 1 unspecified atom stereocenters. The Labute approximate surface area is 161 Å². The van der Waals surface area contributed by atoms with E-state index in [1.807, 2.05) is 37.4 Å². The number of carboxylic acid groups (broad SMARTS) is 1. The summed E-state index contributed by atoms with van der Waals surface area (Å²) in [6.07, 6.45) is 0.586. The van der Waals surface area contributed by atoms with Crippen molar-refractivity contribution in [3.05, 3.63) is 44.7 Å². The predicted molar refractivity (Wildman–Crippen MR) is 108 cm³/mol. The van der Waals surface area contributed by atoms with Gasteiger partial charge in [-0.2, -0.15) is 0 Å². The Hall–Kier alpha value is -1.92. The lowest BCUT2D eigenvalue weighted by atomic mass is 9.96. The van der Waals surface area contributed by atoms with E-state index in [0.29, 0.717) is 18.9 Å². The summed E-state index contributed by atoms with van der Waals surface area (Å²) in [7, 11) is 0. The first-order valence-electron chi connectivity index (χ1n) is 8.73. The molecule has 0 bridgehead atoms. The van der Waals surface area contributed by atoms with Gasteiger partial charge >= 0.3 is 5.97 Å². The van der Waals surface area contributed by atoms with Gasteiger partial charge in [0.25, 0.3) is 0 Å². The molecule has 0 spiro atoms. The number of carbonyl (C=O) groups is 1. The summed E-state index contributed by atoms with van der Waals surface area (Å²) in [5.74, 6) is 0.00114. The van der Waals surface area contributed by atoms with Crippen molar-refractivity contribution >= 4 is 38.7 Å². The summed E-state index contributed by atoms with van der Waals surface area (Å²) in [5, 5.41) is 13.5. The van der Waals surface area contributed by atoms with Crippen molar-refractivity contribution in [1.29, 1.82) is 0 Å². The van der Waals surface area contributed by atoms with Crippen LogP contribution in [0.15, 0.2) is 23.6 Å². The van der Waals surface area contributed by atoms with Crippen molar-refractivity contribution in [3.63, 3.8) is 0 Å². The Morgan fingerprint density at radius 3 is 2.73 bits per heavy atom. The first kappa shape index (κ1) is 18.9. The van der Waals surface area contributed by atoms with Crippen LogP contribution in [0.2, 0.25) is 0 Å². The third kappa shape index (κ3) is 3.76. The highest BCUT2D eigenvalue weighted by Crippen LogP contribution is 2.35. The molecule has 1 N–H and O–H groups in total. The number of thiophene rings is 1. The summed E-state index contributed by atoms with van der Waals surface area (Å²) in [6.45, 7) is 8.72. The predicted octanol–water partition coefficient (Wildman–Crippen LogP) is 5.95. The van der Waals surface area contributed by atoms with Gasteiger partial charge in [0, 0.05) is 10.6 Å². The zero-order chi connectivity index (χ0) is 18.8. The molecule has 0 aliphatic carbocycles. The van der Waals surface area contributed by atoms with Crippen LogP contribution >= 0.6 is 22.7 Å². The van der Waals surface area contributed by atoms with E-state index in [9.17, 15) is 9.90 Å². The highest BCUT2D eigenvalue weighted by atomic mass is 32.1. The second kappa shape index (κ2) is 7.76. The molecule has 0 aliphatic heterocycles. The minimum atomic E-state index is -0.769. The number of hydrogen-bond donors (Lipinski definition) is 1. The number of thiazole rings is 1. The molecule has 3 rings (SSSR count). The molecule has 2 aromatic heterocycles. The highest BCUT2D eigenvalue weighted by Gasteiger charge is 2.21. The molecule has 26 heavy (non-hydrogen) atoms. The monoisotopic (exact) mass is 389 g/mol. The fourth-order valence-electron chi connectivity index (χ4n) is 2.90. The van der Waals surface area contributed by atoms with Crippen LogP contribution < -0.4 is 4.74 Å². The third-order valence-corrected chi connectivity index (χ3v) is 6.83. The fraction of sp³-hybridized carbons (Fsp3) is 0.400. The Morgan fingerprint density at radius 2 is 2.12 bits per heavy atom. The second-order valence-corrected chi connectivity index (χ2v) is 8.68. The number of fused-ring (bicyclic) bond motifs is 1. The molecule has 0 radical (unpaired) electrons. The van der Waals surface area contributed by atoms with Crippen LogP contribution in [0, 0.1) is 6.92 Å². The Kier molecular flexibility index (Phi) is 5.63. The number of carboxylic acids is 1. The summed E-state index contributed by atoms with van der Waals surface area (Å²) in [4.78, 5) is 17.2. The molecule has 0 aliphatic rings. The van der Waals surface area contributed by atoms with E-state index in [0.717, 1.165) is 37.0 Å². The van der Waals surface area contributed by atoms with Gasteiger partial charge in [-0.15, -0.1) is 22.7 Å². The van der Waals surface area contributed by atoms with Crippen LogP contribution in [-0.2, 0) is 11.4 Å². The Bertz CT molecular complexity index is 926. The molecule has 138 valence electrons. The average molecular weight is 390 g/mol. The van der Waals surface area contributed by atoms with Crippen molar-refractivity contribution in [2.45, 2.75) is 52.6 Å². The van der Waals surface area contributed by atoms with Gasteiger partial charge in [0.05, 0.1) is 21.5 Å². The number of ether oxygens (including phenoxy) is 1. The number of benzene rings is 1. The van der Waals surface area contributed by atoms with Crippen molar-refractivity contribution in [1.82, 2.24) is 4.98 Å². The lowest BCUT2D eigenvalue weighted by molar-refractivity contribution is -0.138. The van der Waals surface area contributed by atoms with Crippen LogP contribution in [0.1, 0.15) is 60.2 Å². The minimum Gasteiger partial charge on any atom is -0.488 e. The first-order valence-corrected chi connectivity index (χ1v) is 10.4. The van der Waals surface area contributed by atoms with E-state index in [-0.39, 0.29) is 0 Å². The van der Waals surface area contributed by atoms with Gasteiger partial charge in [-0.05, 0) is 47.9 Å². The summed E-state index contributed by atoms with van der Waals surface area (Å²) in [6, 6.07) is 5.89. The zero-order valence-electron chi connectivity index (χ0n) is 15.4. The van der Waals surface area contributed by atoms with Gasteiger partial charge in [0.15, 0.2) is 0 Å². The number of hydrogen-bond acceptors (Lipinski definition) is 5. The molecular formula is C20H23NO3S2. The number of aromatic nitrogens is 1. The van der Waals surface area contributed by atoms with Gasteiger partial charge in [-0.3, -0.25) is 4.79 Å². The maximum atomic E-state index is 11.5. The molecule has 1 atom stereocenters. The Balaban J connectivity index is 1.79. The normalized spacial score (nSPS) is 12.7. The van der Waals surface area contributed by atoms with Crippen LogP contribution in [-0.4, -0.2) is 16.1 Å². The Morgan fingerprint density at radius 1 is 1.35 bits per heavy atom. The molecule has 0 saturated heterocycles. The molecule has 4 nitrogen and oxygen atoms in total. The van der Waals surface area contributed by atoms with E-state index in [4.69, 9.17) is 4.74 Å². The van der Waals surface area contributed by atoms with E-state index in [2.05, 4.69) is 18.8 Å². The summed E-state index contributed by atoms with van der Waals surface area (Å²) >= 11 is 3.27. The maximum Gasteiger partial charge on any atom is 0.311 e. The van der Waals surface area contributed by atoms with Crippen molar-refractivity contribution in [2.75, 3.05) is 0 Å². The maximum absolute atomic E-state index is 11.5. The summed E-state index contributed by atoms with van der Waals surface area (Å²) < 4.78 is 7.03. The van der Waals surface area contributed by atoms with Crippen molar-refractivity contribution < 1.29 is 14.6 Å². The molecule has 1 aromatic carbocycles. The van der Waals surface area contributed by atoms with E-state index < -0.39 is 11.9 Å². The van der Waals surface area contributed by atoms with Crippen molar-refractivity contribution in [3.8, 4) is 5.75 Å². The third-order valence-electron chi connectivity index (χ3n) is 4.43. The molecule has 3 aromatic rings. The van der Waals surface area contributed by atoms with Gasteiger partial charge in [-0.1, -0.05) is 20.8 Å². The molecule has 0 fully saturated rings. The van der Waals surface area contributed by atoms with Gasteiger partial charge < -0.3 is 9.84 Å². The van der Waals surface area contributed by atoms with E-state index in [1.165, 1.54) is 0 Å². The van der Waals surface area contributed by atoms with Gasteiger partial charge in [0.1, 0.15) is 12.4 Å². The minimum absolute atomic E-state index is 0.425. The lowest BCUT2D eigenvalue weighted by Gasteiger charge is -2.09. The fourth-order valence-corrected chi connectivity index (χ4v) is 4.92. The van der Waals surface area contributed by atoms with Gasteiger partial charge in [-0.25, -0.2) is 4.98 Å². The topological polar surface area (TPSA) is 59.4 Å². The number of nitrogens with zero attached hydrogens (tertiary/aromatic N) is 1. The van der Waals surface area contributed by atoms with Crippen LogP contribution in [0.4, 0.5) is 0 Å². The quantitative estimate of drug-likeness (QED) is 0.543. The van der Waals surface area contributed by atoms with Crippen LogP contribution in [0.25, 0.3) is 10.1 Å². The largest absolute Gasteiger partial charge is 0.488 e. The zero-order valence-corrected chi connectivity index (χ0v) is 17.0. The molecule has 6 heteroatoms. The average Bonchev–Trinajstić information content (AvgIpc) is 3.17. The van der Waals surface area contributed by atoms with Crippen molar-refractivity contribution in [2.24, 2.45) is 0 Å². The molecule has 0 amide bonds. The van der Waals surface area contributed by atoms with E-state index in [1.54, 1.807) is 22.7 Å². The second-order valence-electron chi connectivity index (χ2n) is 6.65. The molecule has 2 heterocycles.